The van der Waals surface area contributed by atoms with Crippen molar-refractivity contribution in [1.82, 2.24) is 24.1 Å². The standard InChI is InChI=1S/C21H21N5S/c1-2-13-26-20(12-11-17-8-4-3-5-9-17)23-24-21(26)27-16-18-15-25-14-7-6-10-19(25)22-18/h2-10,14-15H,1,11-13,16H2. The van der Waals surface area contributed by atoms with Crippen LogP contribution in [0, 0.1) is 0 Å². The molecule has 0 N–H and O–H groups in total. The van der Waals surface area contributed by atoms with Gasteiger partial charge in [0.05, 0.1) is 5.69 Å². The van der Waals surface area contributed by atoms with Gasteiger partial charge in [0, 0.05) is 31.1 Å². The molecule has 0 saturated carbocycles. The zero-order chi connectivity index (χ0) is 18.5. The molecule has 0 aliphatic rings. The van der Waals surface area contributed by atoms with E-state index < -0.39 is 0 Å². The van der Waals surface area contributed by atoms with Gasteiger partial charge in [0.15, 0.2) is 5.16 Å². The molecule has 27 heavy (non-hydrogen) atoms. The molecule has 0 spiro atoms. The summed E-state index contributed by atoms with van der Waals surface area (Å²) in [6, 6.07) is 16.5. The average molecular weight is 376 g/mol. The van der Waals surface area contributed by atoms with Crippen molar-refractivity contribution in [3.8, 4) is 0 Å². The number of hydrogen-bond acceptors (Lipinski definition) is 4. The van der Waals surface area contributed by atoms with Gasteiger partial charge in [-0.1, -0.05) is 54.2 Å². The molecule has 0 radical (unpaired) electrons. The van der Waals surface area contributed by atoms with Crippen LogP contribution in [0.5, 0.6) is 0 Å². The van der Waals surface area contributed by atoms with Crippen molar-refractivity contribution in [1.29, 1.82) is 0 Å². The number of thioether (sulfide) groups is 1. The van der Waals surface area contributed by atoms with Crippen LogP contribution in [0.1, 0.15) is 17.1 Å². The first-order chi connectivity index (χ1) is 13.3. The fourth-order valence-corrected chi connectivity index (χ4v) is 3.87. The minimum absolute atomic E-state index is 0.713. The first-order valence-corrected chi connectivity index (χ1v) is 9.94. The summed E-state index contributed by atoms with van der Waals surface area (Å²) >= 11 is 1.66. The van der Waals surface area contributed by atoms with E-state index in [0.29, 0.717) is 6.54 Å². The van der Waals surface area contributed by atoms with E-state index in [1.54, 1.807) is 11.8 Å². The SMILES string of the molecule is C=CCn1c(CCc2ccccc2)nnc1SCc1cn2ccccc2n1. The van der Waals surface area contributed by atoms with Gasteiger partial charge >= 0.3 is 0 Å². The average Bonchev–Trinajstić information content (AvgIpc) is 3.29. The number of fused-ring (bicyclic) bond motifs is 1. The number of hydrogen-bond donors (Lipinski definition) is 0. The van der Waals surface area contributed by atoms with Crippen LogP contribution in [0.3, 0.4) is 0 Å². The zero-order valence-electron chi connectivity index (χ0n) is 15.0. The largest absolute Gasteiger partial charge is 0.307 e. The highest BCUT2D eigenvalue weighted by Gasteiger charge is 2.13. The lowest BCUT2D eigenvalue weighted by molar-refractivity contribution is 0.673. The van der Waals surface area contributed by atoms with Crippen molar-refractivity contribution in [3.63, 3.8) is 0 Å². The Balaban J connectivity index is 1.46. The van der Waals surface area contributed by atoms with Crippen molar-refractivity contribution >= 4 is 17.4 Å². The highest BCUT2D eigenvalue weighted by atomic mass is 32.2. The molecule has 0 atom stereocenters. The fourth-order valence-electron chi connectivity index (χ4n) is 3.02. The molecule has 0 fully saturated rings. The minimum Gasteiger partial charge on any atom is -0.307 e. The number of rotatable bonds is 8. The maximum Gasteiger partial charge on any atom is 0.191 e. The van der Waals surface area contributed by atoms with Crippen molar-refractivity contribution in [2.24, 2.45) is 0 Å². The van der Waals surface area contributed by atoms with Crippen molar-refractivity contribution < 1.29 is 0 Å². The van der Waals surface area contributed by atoms with E-state index in [9.17, 15) is 0 Å². The topological polar surface area (TPSA) is 48.0 Å². The third-order valence-corrected chi connectivity index (χ3v) is 5.35. The smallest absolute Gasteiger partial charge is 0.191 e. The second-order valence-electron chi connectivity index (χ2n) is 6.27. The summed E-state index contributed by atoms with van der Waals surface area (Å²) in [7, 11) is 0. The summed E-state index contributed by atoms with van der Waals surface area (Å²) in [4.78, 5) is 4.65. The van der Waals surface area contributed by atoms with E-state index in [4.69, 9.17) is 0 Å². The van der Waals surface area contributed by atoms with Gasteiger partial charge in [-0.25, -0.2) is 4.98 Å². The molecule has 0 unspecified atom stereocenters. The van der Waals surface area contributed by atoms with Gasteiger partial charge in [-0.3, -0.25) is 0 Å². The molecule has 5 nitrogen and oxygen atoms in total. The number of aryl methyl sites for hydroxylation is 2. The van der Waals surface area contributed by atoms with E-state index >= 15 is 0 Å². The third-order valence-electron chi connectivity index (χ3n) is 4.35. The van der Waals surface area contributed by atoms with Gasteiger partial charge in [-0.05, 0) is 24.1 Å². The second kappa shape index (κ2) is 8.22. The molecule has 0 aliphatic carbocycles. The summed E-state index contributed by atoms with van der Waals surface area (Å²) in [5, 5.41) is 9.75. The molecular weight excluding hydrogens is 354 g/mol. The van der Waals surface area contributed by atoms with Gasteiger partial charge in [0.1, 0.15) is 11.5 Å². The van der Waals surface area contributed by atoms with Crippen LogP contribution in [0.4, 0.5) is 0 Å². The van der Waals surface area contributed by atoms with Crippen LogP contribution in [0.25, 0.3) is 5.65 Å². The predicted octanol–water partition coefficient (Wildman–Crippen LogP) is 4.19. The van der Waals surface area contributed by atoms with E-state index in [1.807, 2.05) is 40.9 Å². The molecule has 3 aromatic heterocycles. The zero-order valence-corrected chi connectivity index (χ0v) is 15.8. The number of aromatic nitrogens is 5. The third kappa shape index (κ3) is 4.11. The van der Waals surface area contributed by atoms with E-state index in [0.717, 1.165) is 40.9 Å². The molecule has 0 aliphatic heterocycles. The molecule has 4 rings (SSSR count). The van der Waals surface area contributed by atoms with Gasteiger partial charge in [0.2, 0.25) is 0 Å². The summed E-state index contributed by atoms with van der Waals surface area (Å²) in [5.74, 6) is 1.76. The molecule has 0 amide bonds. The lowest BCUT2D eigenvalue weighted by Gasteiger charge is -2.07. The lowest BCUT2D eigenvalue weighted by atomic mass is 10.1. The minimum atomic E-state index is 0.713. The van der Waals surface area contributed by atoms with E-state index in [-0.39, 0.29) is 0 Å². The molecule has 4 aromatic rings. The van der Waals surface area contributed by atoms with Crippen LogP contribution in [0.2, 0.25) is 0 Å². The molecule has 0 bridgehead atoms. The van der Waals surface area contributed by atoms with Gasteiger partial charge in [-0.15, -0.1) is 16.8 Å². The van der Waals surface area contributed by atoms with Gasteiger partial charge < -0.3 is 8.97 Å². The van der Waals surface area contributed by atoms with Crippen LogP contribution in [-0.2, 0) is 25.1 Å². The normalized spacial score (nSPS) is 11.1. The van der Waals surface area contributed by atoms with Crippen LogP contribution in [0.15, 0.2) is 78.7 Å². The Bertz CT molecular complexity index is 1000. The van der Waals surface area contributed by atoms with E-state index in [2.05, 4.69) is 56.8 Å². The first-order valence-electron chi connectivity index (χ1n) is 8.96. The van der Waals surface area contributed by atoms with E-state index in [1.165, 1.54) is 5.56 Å². The van der Waals surface area contributed by atoms with Crippen LogP contribution in [-0.4, -0.2) is 24.1 Å². The number of imidazole rings is 1. The summed E-state index contributed by atoms with van der Waals surface area (Å²) in [6.45, 7) is 4.59. The van der Waals surface area contributed by atoms with Crippen LogP contribution >= 0.6 is 11.8 Å². The van der Waals surface area contributed by atoms with Crippen LogP contribution < -0.4 is 0 Å². The Morgan fingerprint density at radius 2 is 1.85 bits per heavy atom. The molecule has 3 heterocycles. The Morgan fingerprint density at radius 1 is 1.00 bits per heavy atom. The maximum atomic E-state index is 4.65. The lowest BCUT2D eigenvalue weighted by Crippen LogP contribution is -2.05. The number of pyridine rings is 1. The van der Waals surface area contributed by atoms with Gasteiger partial charge in [-0.2, -0.15) is 0 Å². The maximum absolute atomic E-state index is 4.65. The Morgan fingerprint density at radius 3 is 2.67 bits per heavy atom. The molecule has 136 valence electrons. The molecule has 0 saturated heterocycles. The van der Waals surface area contributed by atoms with Crippen molar-refractivity contribution in [2.45, 2.75) is 30.3 Å². The molecule has 6 heteroatoms. The summed E-state index contributed by atoms with van der Waals surface area (Å²) in [5.41, 5.74) is 3.30. The van der Waals surface area contributed by atoms with Crippen molar-refractivity contribution in [2.75, 3.05) is 0 Å². The summed E-state index contributed by atoms with van der Waals surface area (Å²) in [6.07, 6.45) is 7.78. The Labute approximate surface area is 162 Å². The Hall–Kier alpha value is -2.86. The highest BCUT2D eigenvalue weighted by molar-refractivity contribution is 7.98. The Kier molecular flexibility index (Phi) is 5.34. The fraction of sp³-hybridized carbons (Fsp3) is 0.190. The number of benzene rings is 1. The molecule has 1 aromatic carbocycles. The highest BCUT2D eigenvalue weighted by Crippen LogP contribution is 2.22. The number of nitrogens with zero attached hydrogens (tertiary/aromatic N) is 5. The summed E-state index contributed by atoms with van der Waals surface area (Å²) < 4.78 is 4.19. The predicted molar refractivity (Wildman–Crippen MR) is 109 cm³/mol. The molecular formula is C21H21N5S. The number of allylic oxidation sites excluding steroid dienone is 1. The monoisotopic (exact) mass is 375 g/mol. The van der Waals surface area contributed by atoms with Crippen molar-refractivity contribution in [3.05, 3.63) is 90.7 Å². The second-order valence-corrected chi connectivity index (χ2v) is 7.21. The quantitative estimate of drug-likeness (QED) is 0.342. The van der Waals surface area contributed by atoms with Gasteiger partial charge in [0.25, 0.3) is 0 Å². The first kappa shape index (κ1) is 17.5.